The highest BCUT2D eigenvalue weighted by atomic mass is 32.2. The van der Waals surface area contributed by atoms with Gasteiger partial charge in [0, 0.05) is 39.4 Å². The molecule has 0 amide bonds. The molecule has 0 N–H and O–H groups in total. The lowest BCUT2D eigenvalue weighted by atomic mass is 10.2. The third kappa shape index (κ3) is 1.48. The van der Waals surface area contributed by atoms with E-state index in [2.05, 4.69) is 64.9 Å². The molecule has 84 valence electrons. The second-order valence-electron chi connectivity index (χ2n) is 4.60. The number of aromatic nitrogens is 1. The molecule has 1 aromatic heterocycles. The molecule has 2 heterocycles. The number of nitrogens with zero attached hydrogens (tertiary/aromatic N) is 1. The fourth-order valence-electron chi connectivity index (χ4n) is 2.58. The molecule has 0 spiro atoms. The van der Waals surface area contributed by atoms with Gasteiger partial charge in [-0.2, -0.15) is 11.8 Å². The predicted octanol–water partition coefficient (Wildman–Crippen LogP) is 3.91. The first-order valence-electron chi connectivity index (χ1n) is 6.01. The summed E-state index contributed by atoms with van der Waals surface area (Å²) in [6.45, 7) is 1.15. The molecule has 1 aliphatic heterocycles. The van der Waals surface area contributed by atoms with Crippen molar-refractivity contribution in [2.45, 2.75) is 11.8 Å². The highest BCUT2D eigenvalue weighted by Gasteiger charge is 2.24. The van der Waals surface area contributed by atoms with Crippen molar-refractivity contribution in [3.63, 3.8) is 0 Å². The van der Waals surface area contributed by atoms with Crippen molar-refractivity contribution < 1.29 is 0 Å². The van der Waals surface area contributed by atoms with Crippen LogP contribution in [0.2, 0.25) is 0 Å². The topological polar surface area (TPSA) is 4.93 Å². The van der Waals surface area contributed by atoms with Crippen molar-refractivity contribution in [3.8, 4) is 0 Å². The van der Waals surface area contributed by atoms with Gasteiger partial charge < -0.3 is 4.57 Å². The minimum absolute atomic E-state index is 0.828. The summed E-state index contributed by atoms with van der Waals surface area (Å²) in [5, 5.41) is 3.59. The van der Waals surface area contributed by atoms with Gasteiger partial charge in [0.15, 0.2) is 0 Å². The molecular weight excluding hydrogens is 226 g/mol. The maximum atomic E-state index is 2.48. The van der Waals surface area contributed by atoms with E-state index in [1.165, 1.54) is 27.6 Å². The minimum Gasteiger partial charge on any atom is -0.339 e. The van der Waals surface area contributed by atoms with Crippen LogP contribution in [0.1, 0.15) is 0 Å². The van der Waals surface area contributed by atoms with Crippen LogP contribution in [0, 0.1) is 0 Å². The fourth-order valence-corrected chi connectivity index (χ4v) is 3.07. The number of benzene rings is 2. The summed E-state index contributed by atoms with van der Waals surface area (Å²) in [5.41, 5.74) is 2.75. The van der Waals surface area contributed by atoms with Crippen molar-refractivity contribution in [1.29, 1.82) is 0 Å². The van der Waals surface area contributed by atoms with Gasteiger partial charge in [0.25, 0.3) is 0 Å². The largest absolute Gasteiger partial charge is 0.339 e. The van der Waals surface area contributed by atoms with Gasteiger partial charge in [-0.15, -0.1) is 0 Å². The molecule has 0 aliphatic carbocycles. The van der Waals surface area contributed by atoms with Crippen LogP contribution in [0.25, 0.3) is 21.8 Å². The van der Waals surface area contributed by atoms with Crippen molar-refractivity contribution in [2.75, 3.05) is 5.75 Å². The van der Waals surface area contributed by atoms with Crippen LogP contribution in [0.4, 0.5) is 0 Å². The van der Waals surface area contributed by atoms with Crippen LogP contribution in [-0.2, 0) is 6.54 Å². The molecule has 1 atom stereocenters. The van der Waals surface area contributed by atoms with Gasteiger partial charge in [0.05, 0.1) is 0 Å². The first-order valence-corrected chi connectivity index (χ1v) is 7.06. The number of thioether (sulfide) groups is 1. The van der Waals surface area contributed by atoms with Crippen LogP contribution < -0.4 is 0 Å². The van der Waals surface area contributed by atoms with Crippen LogP contribution in [0.15, 0.2) is 48.5 Å². The summed E-state index contributed by atoms with van der Waals surface area (Å²) < 4.78 is 2.48. The molecule has 1 fully saturated rings. The van der Waals surface area contributed by atoms with Crippen molar-refractivity contribution in [1.82, 2.24) is 4.57 Å². The van der Waals surface area contributed by atoms with Gasteiger partial charge in [-0.3, -0.25) is 0 Å². The zero-order valence-electron chi connectivity index (χ0n) is 9.47. The third-order valence-corrected chi connectivity index (χ3v) is 4.42. The van der Waals surface area contributed by atoms with E-state index in [9.17, 15) is 0 Å². The summed E-state index contributed by atoms with van der Waals surface area (Å²) >= 11 is 2.06. The standard InChI is InChI=1S/C15H13NS/c1-3-7-14-12(5-1)13-6-2-4-8-15(13)16(14)9-11-10-17-11/h1-8,11H,9-10H2/t11-/m1/s1. The Kier molecular flexibility index (Phi) is 2.00. The maximum absolute atomic E-state index is 2.48. The zero-order chi connectivity index (χ0) is 11.2. The third-order valence-electron chi connectivity index (χ3n) is 3.47. The van der Waals surface area contributed by atoms with Crippen LogP contribution in [0.5, 0.6) is 0 Å². The predicted molar refractivity (Wildman–Crippen MR) is 75.7 cm³/mol. The van der Waals surface area contributed by atoms with Crippen LogP contribution in [-0.4, -0.2) is 15.6 Å². The lowest BCUT2D eigenvalue weighted by molar-refractivity contribution is 0.777. The molecule has 4 rings (SSSR count). The van der Waals surface area contributed by atoms with Gasteiger partial charge in [0.1, 0.15) is 0 Å². The van der Waals surface area contributed by atoms with Crippen LogP contribution in [0.3, 0.4) is 0 Å². The monoisotopic (exact) mass is 239 g/mol. The Hall–Kier alpha value is -1.41. The van der Waals surface area contributed by atoms with E-state index in [0.717, 1.165) is 11.8 Å². The van der Waals surface area contributed by atoms with Gasteiger partial charge in [-0.1, -0.05) is 36.4 Å². The van der Waals surface area contributed by atoms with Crippen molar-refractivity contribution in [2.24, 2.45) is 0 Å². The summed E-state index contributed by atoms with van der Waals surface area (Å²) in [6, 6.07) is 17.5. The van der Waals surface area contributed by atoms with Gasteiger partial charge >= 0.3 is 0 Å². The molecule has 2 aromatic carbocycles. The van der Waals surface area contributed by atoms with Gasteiger partial charge in [-0.25, -0.2) is 0 Å². The van der Waals surface area contributed by atoms with Gasteiger partial charge in [-0.05, 0) is 12.1 Å². The number of rotatable bonds is 2. The van der Waals surface area contributed by atoms with Crippen LogP contribution >= 0.6 is 11.8 Å². The van der Waals surface area contributed by atoms with E-state index < -0.39 is 0 Å². The second kappa shape index (κ2) is 3.54. The Balaban J connectivity index is 2.10. The zero-order valence-corrected chi connectivity index (χ0v) is 10.3. The Labute approximate surface area is 104 Å². The molecule has 3 aromatic rings. The molecule has 1 aliphatic rings. The van der Waals surface area contributed by atoms with Crippen molar-refractivity contribution >= 4 is 33.6 Å². The summed E-state index contributed by atoms with van der Waals surface area (Å²) in [6.07, 6.45) is 0. The highest BCUT2D eigenvalue weighted by molar-refractivity contribution is 8.06. The van der Waals surface area contributed by atoms with Crippen molar-refractivity contribution in [3.05, 3.63) is 48.5 Å². The normalized spacial score (nSPS) is 18.9. The molecule has 0 bridgehead atoms. The van der Waals surface area contributed by atoms with E-state index in [4.69, 9.17) is 0 Å². The van der Waals surface area contributed by atoms with E-state index in [1.54, 1.807) is 0 Å². The van der Waals surface area contributed by atoms with E-state index in [0.29, 0.717) is 0 Å². The average molecular weight is 239 g/mol. The van der Waals surface area contributed by atoms with E-state index >= 15 is 0 Å². The molecule has 17 heavy (non-hydrogen) atoms. The molecular formula is C15H13NS. The molecule has 0 radical (unpaired) electrons. The summed E-state index contributed by atoms with van der Waals surface area (Å²) in [5.74, 6) is 1.32. The number of fused-ring (bicyclic) bond motifs is 3. The first-order chi connectivity index (χ1) is 8.43. The lowest BCUT2D eigenvalue weighted by Crippen LogP contribution is -2.02. The number of hydrogen-bond donors (Lipinski definition) is 0. The Bertz CT molecular complexity index is 641. The summed E-state index contributed by atoms with van der Waals surface area (Å²) in [4.78, 5) is 0. The fraction of sp³-hybridized carbons (Fsp3) is 0.200. The van der Waals surface area contributed by atoms with E-state index in [-0.39, 0.29) is 0 Å². The number of hydrogen-bond acceptors (Lipinski definition) is 1. The second-order valence-corrected chi connectivity index (χ2v) is 5.93. The molecule has 2 heteroatoms. The lowest BCUT2D eigenvalue weighted by Gasteiger charge is -2.04. The highest BCUT2D eigenvalue weighted by Crippen LogP contribution is 2.35. The van der Waals surface area contributed by atoms with Gasteiger partial charge in [0.2, 0.25) is 0 Å². The molecule has 0 saturated carbocycles. The first kappa shape index (κ1) is 9.60. The maximum Gasteiger partial charge on any atom is 0.0491 e. The Morgan fingerprint density at radius 2 is 1.47 bits per heavy atom. The average Bonchev–Trinajstić information content (AvgIpc) is 3.15. The molecule has 1 saturated heterocycles. The minimum atomic E-state index is 0.828. The Morgan fingerprint density at radius 3 is 2.00 bits per heavy atom. The molecule has 0 unspecified atom stereocenters. The Morgan fingerprint density at radius 1 is 0.941 bits per heavy atom. The smallest absolute Gasteiger partial charge is 0.0491 e. The van der Waals surface area contributed by atoms with E-state index in [1.807, 2.05) is 0 Å². The number of para-hydroxylation sites is 2. The SMILES string of the molecule is c1ccc2c(c1)c1ccccc1n2C[C@@H]1CS1. The molecule has 1 nitrogen and oxygen atoms in total. The summed E-state index contributed by atoms with van der Waals surface area (Å²) in [7, 11) is 0. The quantitative estimate of drug-likeness (QED) is 0.614.